The Hall–Kier alpha value is -4.71. The molecular weight excluding hydrogens is 490 g/mol. The third-order valence-corrected chi connectivity index (χ3v) is 6.25. The molecule has 6 nitrogen and oxygen atoms in total. The first-order chi connectivity index (χ1) is 18.8. The molecule has 0 saturated heterocycles. The van der Waals surface area contributed by atoms with Crippen LogP contribution in [0.5, 0.6) is 11.5 Å². The quantitative estimate of drug-likeness (QED) is 0.132. The molecule has 197 valence electrons. The molecule has 0 heterocycles. The minimum Gasteiger partial charge on any atom is -0.489 e. The second-order valence-corrected chi connectivity index (χ2v) is 9.34. The molecule has 4 rings (SSSR count). The van der Waals surface area contributed by atoms with E-state index in [4.69, 9.17) is 14.2 Å². The van der Waals surface area contributed by atoms with Crippen molar-refractivity contribution in [1.29, 1.82) is 0 Å². The fourth-order valence-corrected chi connectivity index (χ4v) is 3.97. The molecule has 4 aromatic rings. The summed E-state index contributed by atoms with van der Waals surface area (Å²) in [4.78, 5) is 27.6. The minimum atomic E-state index is -0.708. The number of nitrogens with zero attached hydrogens (tertiary/aromatic N) is 1. The van der Waals surface area contributed by atoms with Crippen molar-refractivity contribution in [3.05, 3.63) is 131 Å². The number of hydrogen-bond acceptors (Lipinski definition) is 5. The molecule has 0 spiro atoms. The van der Waals surface area contributed by atoms with Gasteiger partial charge in [0.05, 0.1) is 12.2 Å². The van der Waals surface area contributed by atoms with Crippen molar-refractivity contribution in [2.45, 2.75) is 32.8 Å². The third-order valence-electron chi connectivity index (χ3n) is 6.25. The van der Waals surface area contributed by atoms with Gasteiger partial charge in [-0.25, -0.2) is 9.59 Å². The number of carbonyl (C=O) groups is 2. The van der Waals surface area contributed by atoms with Crippen LogP contribution in [-0.4, -0.2) is 24.9 Å². The second kappa shape index (κ2) is 12.7. The van der Waals surface area contributed by atoms with E-state index in [0.29, 0.717) is 23.5 Å². The highest BCUT2D eigenvalue weighted by Gasteiger charge is 2.22. The Bertz CT molecular complexity index is 1430. The molecule has 0 bridgehead atoms. The van der Waals surface area contributed by atoms with Crippen molar-refractivity contribution in [1.82, 2.24) is 0 Å². The lowest BCUT2D eigenvalue weighted by Gasteiger charge is -2.26. The molecule has 0 N–H and O–H groups in total. The summed E-state index contributed by atoms with van der Waals surface area (Å²) in [7, 11) is 0. The van der Waals surface area contributed by atoms with Crippen molar-refractivity contribution >= 4 is 18.3 Å². The smallest absolute Gasteiger partial charge is 0.434 e. The van der Waals surface area contributed by atoms with Crippen LogP contribution in [0.15, 0.2) is 108 Å². The number of rotatable bonds is 9. The summed E-state index contributed by atoms with van der Waals surface area (Å²) in [5, 5.41) is 0. The van der Waals surface area contributed by atoms with Gasteiger partial charge < -0.3 is 14.2 Å². The average Bonchev–Trinajstić information content (AvgIpc) is 2.97. The first-order valence-corrected chi connectivity index (χ1v) is 12.7. The van der Waals surface area contributed by atoms with Crippen molar-refractivity contribution in [2.24, 2.45) is 4.99 Å². The molecule has 0 unspecified atom stereocenters. The Morgan fingerprint density at radius 1 is 0.795 bits per heavy atom. The van der Waals surface area contributed by atoms with Gasteiger partial charge in [0.25, 0.3) is 0 Å². The SMILES string of the molecule is CCOC(=O)/N=[C]/c1ccc(OC(=O)c2cccc(COc3ccc(C(C)(C)c4ccccc4)cc3)c2)cc1. The van der Waals surface area contributed by atoms with E-state index in [1.807, 2.05) is 24.3 Å². The number of aliphatic imine (C=N–C) groups is 1. The molecule has 0 atom stereocenters. The van der Waals surface area contributed by atoms with Gasteiger partial charge in [0.2, 0.25) is 0 Å². The maximum Gasteiger partial charge on any atom is 0.434 e. The van der Waals surface area contributed by atoms with Crippen LogP contribution in [0.3, 0.4) is 0 Å². The van der Waals surface area contributed by atoms with Crippen LogP contribution in [0.2, 0.25) is 0 Å². The van der Waals surface area contributed by atoms with Crippen LogP contribution < -0.4 is 9.47 Å². The number of hydrogen-bond donors (Lipinski definition) is 0. The molecule has 0 saturated carbocycles. The first-order valence-electron chi connectivity index (χ1n) is 12.7. The van der Waals surface area contributed by atoms with Gasteiger partial charge in [-0.05, 0) is 72.1 Å². The Morgan fingerprint density at radius 2 is 1.46 bits per heavy atom. The van der Waals surface area contributed by atoms with E-state index >= 15 is 0 Å². The van der Waals surface area contributed by atoms with Crippen LogP contribution >= 0.6 is 0 Å². The summed E-state index contributed by atoms with van der Waals surface area (Å²) in [5.74, 6) is 0.627. The highest BCUT2D eigenvalue weighted by Crippen LogP contribution is 2.32. The van der Waals surface area contributed by atoms with E-state index in [9.17, 15) is 9.59 Å². The summed E-state index contributed by atoms with van der Waals surface area (Å²) < 4.78 is 16.2. The number of carbonyl (C=O) groups excluding carboxylic acids is 2. The van der Waals surface area contributed by atoms with Gasteiger partial charge in [-0.3, -0.25) is 0 Å². The molecule has 0 fully saturated rings. The molecule has 6 heteroatoms. The highest BCUT2D eigenvalue weighted by atomic mass is 16.5. The van der Waals surface area contributed by atoms with E-state index in [1.165, 1.54) is 11.1 Å². The van der Waals surface area contributed by atoms with Gasteiger partial charge in [-0.15, -0.1) is 0 Å². The van der Waals surface area contributed by atoms with Gasteiger partial charge in [-0.1, -0.05) is 68.4 Å². The monoisotopic (exact) mass is 520 g/mol. The fraction of sp³-hybridized carbons (Fsp3) is 0.182. The van der Waals surface area contributed by atoms with Gasteiger partial charge in [0.15, 0.2) is 0 Å². The molecular formula is C33H30NO5. The lowest BCUT2D eigenvalue weighted by atomic mass is 9.78. The summed E-state index contributed by atoms with van der Waals surface area (Å²) in [6.07, 6.45) is 1.88. The van der Waals surface area contributed by atoms with E-state index in [0.717, 1.165) is 11.3 Å². The van der Waals surface area contributed by atoms with E-state index in [2.05, 4.69) is 61.5 Å². The average molecular weight is 521 g/mol. The van der Waals surface area contributed by atoms with Crippen molar-refractivity contribution in [2.75, 3.05) is 6.61 Å². The lowest BCUT2D eigenvalue weighted by molar-refractivity contribution is 0.0734. The fourth-order valence-electron chi connectivity index (χ4n) is 3.97. The summed E-state index contributed by atoms with van der Waals surface area (Å²) >= 11 is 0. The normalized spacial score (nSPS) is 11.3. The van der Waals surface area contributed by atoms with Crippen molar-refractivity contribution in [3.8, 4) is 11.5 Å². The predicted molar refractivity (Wildman–Crippen MR) is 151 cm³/mol. The topological polar surface area (TPSA) is 74.2 Å². The van der Waals surface area contributed by atoms with Crippen molar-refractivity contribution < 1.29 is 23.8 Å². The minimum absolute atomic E-state index is 0.122. The number of amides is 1. The predicted octanol–water partition coefficient (Wildman–Crippen LogP) is 7.26. The third kappa shape index (κ3) is 7.42. The van der Waals surface area contributed by atoms with E-state index in [1.54, 1.807) is 49.4 Å². The molecule has 1 radical (unpaired) electrons. The zero-order valence-electron chi connectivity index (χ0n) is 22.2. The summed E-state index contributed by atoms with van der Waals surface area (Å²) in [5.41, 5.74) is 4.14. The van der Waals surface area contributed by atoms with E-state index in [-0.39, 0.29) is 12.0 Å². The first kappa shape index (κ1) is 27.3. The summed E-state index contributed by atoms with van der Waals surface area (Å²) in [6.45, 7) is 6.66. The Balaban J connectivity index is 1.34. The van der Waals surface area contributed by atoms with Crippen molar-refractivity contribution in [3.63, 3.8) is 0 Å². The molecule has 0 aliphatic carbocycles. The molecule has 1 amide bonds. The second-order valence-electron chi connectivity index (χ2n) is 9.34. The standard InChI is InChI=1S/C33H30NO5/c1-4-37-32(36)34-22-24-13-17-30(18-14-24)39-31(35)26-10-8-9-25(21-26)23-38-29-19-15-28(16-20-29)33(2,3)27-11-6-5-7-12-27/h5-21H,4,23H2,1-3H3. The zero-order chi connectivity index (χ0) is 27.7. The van der Waals surface area contributed by atoms with Crippen LogP contribution in [0, 0.1) is 0 Å². The molecule has 0 aromatic heterocycles. The molecule has 39 heavy (non-hydrogen) atoms. The highest BCUT2D eigenvalue weighted by molar-refractivity contribution is 5.92. The zero-order valence-corrected chi connectivity index (χ0v) is 22.2. The number of ether oxygens (including phenoxy) is 3. The number of esters is 1. The van der Waals surface area contributed by atoms with Gasteiger partial charge in [0, 0.05) is 11.0 Å². The maximum atomic E-state index is 12.7. The molecule has 0 aliphatic rings. The summed E-state index contributed by atoms with van der Waals surface area (Å²) in [6, 6.07) is 32.2. The van der Waals surface area contributed by atoms with Crippen LogP contribution in [-0.2, 0) is 16.8 Å². The Labute approximate surface area is 228 Å². The number of benzene rings is 4. The van der Waals surface area contributed by atoms with Crippen LogP contribution in [0.25, 0.3) is 0 Å². The largest absolute Gasteiger partial charge is 0.489 e. The Kier molecular flexibility index (Phi) is 8.90. The molecule has 0 aliphatic heterocycles. The van der Waals surface area contributed by atoms with Gasteiger partial charge in [0.1, 0.15) is 24.3 Å². The van der Waals surface area contributed by atoms with E-state index < -0.39 is 12.1 Å². The Morgan fingerprint density at radius 3 is 2.15 bits per heavy atom. The molecule has 4 aromatic carbocycles. The van der Waals surface area contributed by atoms with Gasteiger partial charge >= 0.3 is 12.1 Å². The van der Waals surface area contributed by atoms with Gasteiger partial charge in [-0.2, -0.15) is 4.99 Å². The van der Waals surface area contributed by atoms with Crippen LogP contribution in [0.4, 0.5) is 4.79 Å². The lowest BCUT2D eigenvalue weighted by Crippen LogP contribution is -2.18. The maximum absolute atomic E-state index is 12.7. The van der Waals surface area contributed by atoms with Crippen LogP contribution in [0.1, 0.15) is 53.4 Å².